The van der Waals surface area contributed by atoms with Gasteiger partial charge < -0.3 is 0 Å². The lowest BCUT2D eigenvalue weighted by molar-refractivity contribution is -0.243. The number of hydrogen-bond acceptors (Lipinski definition) is 5. The van der Waals surface area contributed by atoms with E-state index in [-0.39, 0.29) is 17.1 Å². The maximum atomic E-state index is 14.2. The van der Waals surface area contributed by atoms with Crippen molar-refractivity contribution in [2.75, 3.05) is 13.1 Å². The Bertz CT molecular complexity index is 936. The van der Waals surface area contributed by atoms with Crippen molar-refractivity contribution < 1.29 is 60.6 Å². The molecule has 7 nitrogen and oxygen atoms in total. The molecule has 1 heterocycles. The van der Waals surface area contributed by atoms with Gasteiger partial charge in [0.15, 0.2) is 0 Å². The molecule has 1 saturated heterocycles. The highest BCUT2D eigenvalue weighted by atomic mass is 32.3. The second-order valence-electron chi connectivity index (χ2n) is 5.77. The summed E-state index contributed by atoms with van der Waals surface area (Å²) in [6.07, 6.45) is 0.459. The van der Waals surface area contributed by atoms with Gasteiger partial charge in [-0.2, -0.15) is 39.5 Å². The van der Waals surface area contributed by atoms with E-state index in [1.165, 1.54) is 0 Å². The Morgan fingerprint density at radius 1 is 0.690 bits per heavy atom. The van der Waals surface area contributed by atoms with E-state index in [9.17, 15) is 60.6 Å². The quantitative estimate of drug-likeness (QED) is 0.417. The smallest absolute Gasteiger partial charge is 0.246 e. The van der Waals surface area contributed by atoms with Gasteiger partial charge in [0.05, 0.1) is 9.71 Å². The molecule has 1 N–H and O–H groups in total. The average Bonchev–Trinajstić information content (AvgIpc) is 2.52. The topological polar surface area (TPSA) is 101 Å². The predicted molar refractivity (Wildman–Crippen MR) is 82.6 cm³/mol. The van der Waals surface area contributed by atoms with Gasteiger partial charge in [0.1, 0.15) is 0 Å². The Morgan fingerprint density at radius 2 is 1.10 bits per heavy atom. The van der Waals surface area contributed by atoms with E-state index in [1.54, 1.807) is 0 Å². The van der Waals surface area contributed by atoms with Crippen LogP contribution in [0.1, 0.15) is 19.3 Å². The van der Waals surface area contributed by atoms with Crippen LogP contribution >= 0.6 is 0 Å². The summed E-state index contributed by atoms with van der Waals surface area (Å²) in [6, 6.07) is 0. The first-order valence-corrected chi connectivity index (χ1v) is 11.8. The number of rotatable bonds is 7. The van der Waals surface area contributed by atoms with Gasteiger partial charge in [-0.15, -0.1) is 0 Å². The van der Waals surface area contributed by atoms with Gasteiger partial charge in [-0.3, -0.25) is 0 Å². The number of sulfonamides is 2. The molecular formula is C10H13F9N2O5S3. The molecule has 29 heavy (non-hydrogen) atoms. The van der Waals surface area contributed by atoms with Crippen molar-refractivity contribution >= 4 is 35.6 Å². The molecule has 1 aliphatic rings. The largest absolute Gasteiger partial charge is 0.512 e. The fraction of sp³-hybridized carbons (Fsp3) is 0.900. The summed E-state index contributed by atoms with van der Waals surface area (Å²) in [6.45, 7) is -1.10. The first-order valence-electron chi connectivity index (χ1n) is 7.16. The Labute approximate surface area is 159 Å². The van der Waals surface area contributed by atoms with Crippen molar-refractivity contribution in [3.63, 3.8) is 0 Å². The number of piperidine rings is 1. The van der Waals surface area contributed by atoms with E-state index in [2.05, 4.69) is 5.87 Å². The molecule has 1 aliphatic heterocycles. The fourth-order valence-electron chi connectivity index (χ4n) is 2.10. The standard InChI is InChI=1S/C10H13F9N2O5S3/c1-27(22,21-5-3-2-4-6-21)8(13,14)7(11,12)9(15,16)28(23,24)20-29(25,26)10(17,18)19/h20H,1-6H2. The second kappa shape index (κ2) is 7.41. The summed E-state index contributed by atoms with van der Waals surface area (Å²) in [7, 11) is -20.4. The van der Waals surface area contributed by atoms with Gasteiger partial charge in [-0.25, -0.2) is 25.3 Å². The summed E-state index contributed by atoms with van der Waals surface area (Å²) in [4.78, 5) is 0. The van der Waals surface area contributed by atoms with Crippen LogP contribution in [0.15, 0.2) is 0 Å². The van der Waals surface area contributed by atoms with E-state index in [4.69, 9.17) is 0 Å². The molecule has 0 saturated carbocycles. The zero-order valence-electron chi connectivity index (χ0n) is 13.9. The van der Waals surface area contributed by atoms with Crippen LogP contribution in [0.2, 0.25) is 0 Å². The highest BCUT2D eigenvalue weighted by Crippen LogP contribution is 2.51. The fourth-order valence-corrected chi connectivity index (χ4v) is 6.29. The molecule has 174 valence electrons. The minimum absolute atomic E-state index is 0.0359. The van der Waals surface area contributed by atoms with Crippen LogP contribution in [-0.4, -0.2) is 66.2 Å². The number of hydrogen-bond donors (Lipinski definition) is 1. The summed E-state index contributed by atoms with van der Waals surface area (Å²) in [5, 5.41) is -13.5. The molecule has 0 amide bonds. The highest BCUT2D eigenvalue weighted by Gasteiger charge is 2.81. The Balaban J connectivity index is 3.47. The van der Waals surface area contributed by atoms with Gasteiger partial charge in [0.2, 0.25) is 0 Å². The van der Waals surface area contributed by atoms with Crippen LogP contribution < -0.4 is 4.13 Å². The van der Waals surface area contributed by atoms with E-state index >= 15 is 0 Å². The summed E-state index contributed by atoms with van der Waals surface area (Å²) < 4.78 is 176. The average molecular weight is 508 g/mol. The van der Waals surface area contributed by atoms with Gasteiger partial charge in [0, 0.05) is 13.1 Å². The summed E-state index contributed by atoms with van der Waals surface area (Å²) >= 11 is 0. The van der Waals surface area contributed by atoms with E-state index in [1.807, 2.05) is 0 Å². The second-order valence-corrected chi connectivity index (χ2v) is 11.7. The van der Waals surface area contributed by atoms with Crippen LogP contribution in [0, 0.1) is 0 Å². The lowest BCUT2D eigenvalue weighted by Crippen LogP contribution is -2.65. The normalized spacial score (nSPS) is 21.0. The van der Waals surface area contributed by atoms with E-state index in [0.717, 1.165) is 0 Å². The molecule has 1 atom stereocenters. The molecule has 1 unspecified atom stereocenters. The molecule has 1 rings (SSSR count). The maximum absolute atomic E-state index is 14.2. The van der Waals surface area contributed by atoms with Crippen LogP contribution in [0.3, 0.4) is 0 Å². The maximum Gasteiger partial charge on any atom is 0.512 e. The Hall–Kier alpha value is -0.790. The van der Waals surface area contributed by atoms with Crippen LogP contribution in [0.25, 0.3) is 0 Å². The summed E-state index contributed by atoms with van der Waals surface area (Å²) in [5.74, 6) is -4.80. The minimum Gasteiger partial charge on any atom is -0.246 e. The molecule has 1 fully saturated rings. The minimum atomic E-state index is -7.63. The zero-order valence-corrected chi connectivity index (χ0v) is 16.3. The van der Waals surface area contributed by atoms with Crippen molar-refractivity contribution in [2.24, 2.45) is 0 Å². The third kappa shape index (κ3) is 4.19. The number of nitrogens with zero attached hydrogens (tertiary/aromatic N) is 1. The van der Waals surface area contributed by atoms with Crippen molar-refractivity contribution in [2.45, 2.75) is 41.2 Å². The molecular weight excluding hydrogens is 495 g/mol. The van der Waals surface area contributed by atoms with Crippen LogP contribution in [0.4, 0.5) is 39.5 Å². The highest BCUT2D eigenvalue weighted by molar-refractivity contribution is 8.05. The molecule has 19 heteroatoms. The SMILES string of the molecule is C=S(=O)(N1CCCCC1)C(F)(F)C(F)(F)C(F)(F)S(=O)(=O)NS(=O)(=O)C(F)(F)F. The van der Waals surface area contributed by atoms with Crippen molar-refractivity contribution in [3.05, 3.63) is 0 Å². The molecule has 0 aromatic carbocycles. The lowest BCUT2D eigenvalue weighted by atomic mass is 10.2. The van der Waals surface area contributed by atoms with Gasteiger partial charge in [-0.1, -0.05) is 10.5 Å². The predicted octanol–water partition coefficient (Wildman–Crippen LogP) is 1.69. The number of alkyl halides is 9. The third-order valence-electron chi connectivity index (χ3n) is 3.73. The first-order chi connectivity index (χ1) is 12.6. The molecule has 0 bridgehead atoms. The van der Waals surface area contributed by atoms with Crippen molar-refractivity contribution in [3.8, 4) is 0 Å². The lowest BCUT2D eigenvalue weighted by Gasteiger charge is -2.38. The van der Waals surface area contributed by atoms with E-state index < -0.39 is 68.9 Å². The summed E-state index contributed by atoms with van der Waals surface area (Å²) in [5.41, 5.74) is -6.55. The van der Waals surface area contributed by atoms with E-state index in [0.29, 0.717) is 6.42 Å². The van der Waals surface area contributed by atoms with Crippen molar-refractivity contribution in [1.82, 2.24) is 8.43 Å². The van der Waals surface area contributed by atoms with Crippen LogP contribution in [0.5, 0.6) is 0 Å². The first kappa shape index (κ1) is 26.2. The molecule has 0 radical (unpaired) electrons. The third-order valence-corrected chi connectivity index (χ3v) is 9.28. The Morgan fingerprint density at radius 3 is 1.48 bits per heavy atom. The molecule has 0 aliphatic carbocycles. The monoisotopic (exact) mass is 508 g/mol. The van der Waals surface area contributed by atoms with Gasteiger partial charge in [-0.05, 0) is 18.7 Å². The van der Waals surface area contributed by atoms with Gasteiger partial charge in [0.25, 0.3) is 10.0 Å². The molecule has 0 aromatic rings. The van der Waals surface area contributed by atoms with Gasteiger partial charge >= 0.3 is 32.0 Å². The number of halogens is 9. The molecule has 0 spiro atoms. The number of nitrogens with one attached hydrogen (secondary N) is 1. The molecule has 0 aromatic heterocycles. The zero-order chi connectivity index (χ0) is 23.3. The Kier molecular flexibility index (Phi) is 6.71. The van der Waals surface area contributed by atoms with Crippen LogP contribution in [-0.2, 0) is 29.8 Å². The van der Waals surface area contributed by atoms with Crippen molar-refractivity contribution in [1.29, 1.82) is 0 Å².